The van der Waals surface area contributed by atoms with Gasteiger partial charge in [0.05, 0.1) is 9.92 Å². The molecule has 0 aliphatic heterocycles. The number of hydrogen-bond acceptors (Lipinski definition) is 4. The lowest BCUT2D eigenvalue weighted by Gasteiger charge is -2.13. The van der Waals surface area contributed by atoms with E-state index >= 15 is 0 Å². The number of benzene rings is 2. The number of nitrogens with one attached hydrogen (secondary N) is 2. The summed E-state index contributed by atoms with van der Waals surface area (Å²) in [7, 11) is -3.92. The standard InChI is InChI=1S/C22H24ClFN2O4S/c23-20-14-19(31(28,29)26-18-8-6-17(24)7-9-18)10-11-21(20)30-15-22(27)25-13-12-16-4-2-1-3-5-16/h4,6-11,14,26H,1-3,5,12-13,15H2,(H,25,27). The molecule has 9 heteroatoms. The van der Waals surface area contributed by atoms with Crippen molar-refractivity contribution in [3.63, 3.8) is 0 Å². The molecular formula is C22H24ClFN2O4S. The number of allylic oxidation sites excluding steroid dienone is 1. The summed E-state index contributed by atoms with van der Waals surface area (Å²) in [5.41, 5.74) is 1.60. The van der Waals surface area contributed by atoms with E-state index in [1.807, 2.05) is 0 Å². The third-order valence-electron chi connectivity index (χ3n) is 4.82. The van der Waals surface area contributed by atoms with Crippen LogP contribution in [-0.2, 0) is 14.8 Å². The predicted octanol–water partition coefficient (Wildman–Crippen LogP) is 4.67. The summed E-state index contributed by atoms with van der Waals surface area (Å²) in [5.74, 6) is -0.544. The summed E-state index contributed by atoms with van der Waals surface area (Å²) in [5, 5.41) is 2.86. The number of rotatable bonds is 9. The Balaban J connectivity index is 1.52. The summed E-state index contributed by atoms with van der Waals surface area (Å²) in [4.78, 5) is 11.9. The van der Waals surface area contributed by atoms with Gasteiger partial charge in [0.25, 0.3) is 15.9 Å². The molecule has 31 heavy (non-hydrogen) atoms. The Kier molecular flexibility index (Phi) is 7.92. The number of hydrogen-bond donors (Lipinski definition) is 2. The third-order valence-corrected chi connectivity index (χ3v) is 6.50. The van der Waals surface area contributed by atoms with Gasteiger partial charge in [-0.05, 0) is 74.6 Å². The topological polar surface area (TPSA) is 84.5 Å². The molecule has 0 radical (unpaired) electrons. The molecule has 0 unspecified atom stereocenters. The SMILES string of the molecule is O=C(COc1ccc(S(=O)(=O)Nc2ccc(F)cc2)cc1Cl)NCCC1=CCCCC1. The predicted molar refractivity (Wildman–Crippen MR) is 118 cm³/mol. The number of amides is 1. The maximum Gasteiger partial charge on any atom is 0.261 e. The number of anilines is 1. The fourth-order valence-corrected chi connectivity index (χ4v) is 4.57. The minimum atomic E-state index is -3.92. The second-order valence-corrected chi connectivity index (χ2v) is 9.29. The van der Waals surface area contributed by atoms with Gasteiger partial charge in [-0.15, -0.1) is 0 Å². The molecule has 0 bridgehead atoms. The van der Waals surface area contributed by atoms with Crippen LogP contribution in [0.1, 0.15) is 32.1 Å². The number of carbonyl (C=O) groups excluding carboxylic acids is 1. The van der Waals surface area contributed by atoms with Crippen LogP contribution in [0.4, 0.5) is 10.1 Å². The van der Waals surface area contributed by atoms with Gasteiger partial charge in [0.2, 0.25) is 0 Å². The smallest absolute Gasteiger partial charge is 0.261 e. The molecule has 1 aliphatic carbocycles. The zero-order valence-electron chi connectivity index (χ0n) is 16.9. The van der Waals surface area contributed by atoms with Crippen LogP contribution in [0.25, 0.3) is 0 Å². The lowest BCUT2D eigenvalue weighted by molar-refractivity contribution is -0.123. The van der Waals surface area contributed by atoms with Gasteiger partial charge in [-0.25, -0.2) is 12.8 Å². The van der Waals surface area contributed by atoms with E-state index in [2.05, 4.69) is 16.1 Å². The Morgan fingerprint density at radius 1 is 1.13 bits per heavy atom. The van der Waals surface area contributed by atoms with Crippen molar-refractivity contribution in [2.45, 2.75) is 37.0 Å². The lowest BCUT2D eigenvalue weighted by Crippen LogP contribution is -2.30. The first kappa shape index (κ1) is 23.1. The Labute approximate surface area is 186 Å². The maximum absolute atomic E-state index is 13.0. The van der Waals surface area contributed by atoms with E-state index in [1.54, 1.807) is 0 Å². The van der Waals surface area contributed by atoms with Crippen molar-refractivity contribution >= 4 is 33.2 Å². The van der Waals surface area contributed by atoms with Gasteiger partial charge in [0.1, 0.15) is 11.6 Å². The van der Waals surface area contributed by atoms with Gasteiger partial charge in [0, 0.05) is 12.2 Å². The molecule has 0 spiro atoms. The number of ether oxygens (including phenoxy) is 1. The minimum absolute atomic E-state index is 0.0575. The molecule has 0 saturated heterocycles. The molecule has 0 atom stereocenters. The molecule has 0 saturated carbocycles. The number of halogens is 2. The fourth-order valence-electron chi connectivity index (χ4n) is 3.19. The molecule has 0 aromatic heterocycles. The van der Waals surface area contributed by atoms with E-state index in [4.69, 9.17) is 16.3 Å². The molecular weight excluding hydrogens is 443 g/mol. The van der Waals surface area contributed by atoms with Crippen molar-refractivity contribution in [1.29, 1.82) is 0 Å². The monoisotopic (exact) mass is 466 g/mol. The van der Waals surface area contributed by atoms with Crippen LogP contribution < -0.4 is 14.8 Å². The number of carbonyl (C=O) groups is 1. The second-order valence-electron chi connectivity index (χ2n) is 7.20. The van der Waals surface area contributed by atoms with Gasteiger partial charge >= 0.3 is 0 Å². The van der Waals surface area contributed by atoms with Crippen LogP contribution in [0.5, 0.6) is 5.75 Å². The summed E-state index contributed by atoms with van der Waals surface area (Å²) in [6.45, 7) is 0.326. The Bertz CT molecular complexity index is 1060. The van der Waals surface area contributed by atoms with Crippen molar-refractivity contribution in [2.75, 3.05) is 17.9 Å². The quantitative estimate of drug-likeness (QED) is 0.526. The van der Waals surface area contributed by atoms with Crippen molar-refractivity contribution in [3.8, 4) is 5.75 Å². The van der Waals surface area contributed by atoms with Gasteiger partial charge in [-0.1, -0.05) is 23.3 Å². The lowest BCUT2D eigenvalue weighted by atomic mass is 9.97. The van der Waals surface area contributed by atoms with Crippen LogP contribution in [-0.4, -0.2) is 27.5 Å². The van der Waals surface area contributed by atoms with E-state index < -0.39 is 15.8 Å². The molecule has 6 nitrogen and oxygen atoms in total. The molecule has 0 heterocycles. The van der Waals surface area contributed by atoms with E-state index in [0.717, 1.165) is 31.4 Å². The van der Waals surface area contributed by atoms with Crippen LogP contribution in [0.3, 0.4) is 0 Å². The summed E-state index contributed by atoms with van der Waals surface area (Å²) in [6, 6.07) is 8.88. The average molecular weight is 467 g/mol. The first-order valence-electron chi connectivity index (χ1n) is 9.99. The van der Waals surface area contributed by atoms with Gasteiger partial charge in [-0.2, -0.15) is 0 Å². The van der Waals surface area contributed by atoms with Crippen LogP contribution in [0, 0.1) is 5.82 Å². The van der Waals surface area contributed by atoms with Crippen molar-refractivity contribution in [1.82, 2.24) is 5.32 Å². The average Bonchev–Trinajstić information content (AvgIpc) is 2.75. The highest BCUT2D eigenvalue weighted by atomic mass is 35.5. The van der Waals surface area contributed by atoms with Crippen LogP contribution in [0.2, 0.25) is 5.02 Å². The van der Waals surface area contributed by atoms with E-state index in [9.17, 15) is 17.6 Å². The molecule has 2 N–H and O–H groups in total. The normalized spacial score (nSPS) is 13.9. The van der Waals surface area contributed by atoms with Crippen LogP contribution >= 0.6 is 11.6 Å². The minimum Gasteiger partial charge on any atom is -0.482 e. The van der Waals surface area contributed by atoms with Crippen molar-refractivity contribution in [2.24, 2.45) is 0 Å². The second kappa shape index (κ2) is 10.6. The third kappa shape index (κ3) is 6.97. The highest BCUT2D eigenvalue weighted by Gasteiger charge is 2.17. The molecule has 2 aromatic rings. The highest BCUT2D eigenvalue weighted by Crippen LogP contribution is 2.28. The summed E-state index contributed by atoms with van der Waals surface area (Å²) in [6.07, 6.45) is 7.70. The molecule has 166 valence electrons. The fraction of sp³-hybridized carbons (Fsp3) is 0.318. The first-order chi connectivity index (χ1) is 14.8. The number of sulfonamides is 1. The first-order valence-corrected chi connectivity index (χ1v) is 11.8. The summed E-state index contributed by atoms with van der Waals surface area (Å²) >= 11 is 6.14. The molecule has 3 rings (SSSR count). The van der Waals surface area contributed by atoms with Crippen molar-refractivity contribution < 1.29 is 22.3 Å². The Hall–Kier alpha value is -2.58. The Morgan fingerprint density at radius 3 is 2.58 bits per heavy atom. The molecule has 0 fully saturated rings. The highest BCUT2D eigenvalue weighted by molar-refractivity contribution is 7.92. The molecule has 1 aliphatic rings. The zero-order chi connectivity index (χ0) is 22.3. The van der Waals surface area contributed by atoms with E-state index in [-0.39, 0.29) is 33.9 Å². The molecule has 1 amide bonds. The van der Waals surface area contributed by atoms with Gasteiger partial charge in [-0.3, -0.25) is 9.52 Å². The molecule has 2 aromatic carbocycles. The van der Waals surface area contributed by atoms with Gasteiger partial charge < -0.3 is 10.1 Å². The van der Waals surface area contributed by atoms with Crippen molar-refractivity contribution in [3.05, 3.63) is 65.0 Å². The summed E-state index contributed by atoms with van der Waals surface area (Å²) < 4.78 is 45.7. The zero-order valence-corrected chi connectivity index (χ0v) is 18.4. The maximum atomic E-state index is 13.0. The van der Waals surface area contributed by atoms with E-state index in [1.165, 1.54) is 48.7 Å². The largest absolute Gasteiger partial charge is 0.482 e. The van der Waals surface area contributed by atoms with E-state index in [0.29, 0.717) is 6.54 Å². The van der Waals surface area contributed by atoms with Gasteiger partial charge in [0.15, 0.2) is 6.61 Å². The van der Waals surface area contributed by atoms with Crippen LogP contribution in [0.15, 0.2) is 59.0 Å². The Morgan fingerprint density at radius 2 is 1.90 bits per heavy atom.